The number of nitrogens with zero attached hydrogens (tertiary/aromatic N) is 3. The number of hydrogen-bond acceptors (Lipinski definition) is 4. The van der Waals surface area contributed by atoms with Crippen LogP contribution in [-0.4, -0.2) is 32.8 Å². The number of fused-ring (bicyclic) bond motifs is 4. The maximum Gasteiger partial charge on any atom is 0.273 e. The summed E-state index contributed by atoms with van der Waals surface area (Å²) in [5, 5.41) is 10.5. The second kappa shape index (κ2) is 9.00. The van der Waals surface area contributed by atoms with Crippen molar-refractivity contribution in [1.29, 1.82) is 0 Å². The van der Waals surface area contributed by atoms with Gasteiger partial charge >= 0.3 is 0 Å². The molecule has 0 bridgehead atoms. The summed E-state index contributed by atoms with van der Waals surface area (Å²) in [5.74, 6) is 1.71. The molecular weight excluding hydrogens is 450 g/mol. The number of imidazole rings is 1. The van der Waals surface area contributed by atoms with Crippen molar-refractivity contribution in [3.8, 4) is 17.0 Å². The molecule has 0 radical (unpaired) electrons. The number of methoxy groups -OCH3 is 1. The highest BCUT2D eigenvalue weighted by Crippen LogP contribution is 2.35. The maximum absolute atomic E-state index is 13.2. The molecule has 1 amide bonds. The van der Waals surface area contributed by atoms with Crippen LogP contribution in [0.25, 0.3) is 22.3 Å². The number of hydrogen-bond donors (Lipinski definition) is 2. The Kier molecular flexibility index (Phi) is 5.52. The summed E-state index contributed by atoms with van der Waals surface area (Å²) in [7, 11) is 3.73. The molecule has 1 aliphatic carbocycles. The first-order valence-electron chi connectivity index (χ1n) is 12.2. The Labute approximate surface area is 209 Å². The van der Waals surface area contributed by atoms with E-state index in [4.69, 9.17) is 9.72 Å². The van der Waals surface area contributed by atoms with Gasteiger partial charge in [0.1, 0.15) is 17.3 Å². The zero-order chi connectivity index (χ0) is 24.6. The van der Waals surface area contributed by atoms with Crippen molar-refractivity contribution in [2.75, 3.05) is 12.4 Å². The number of aromatic amines is 1. The third-order valence-corrected chi connectivity index (χ3v) is 7.01. The molecule has 2 aromatic heterocycles. The van der Waals surface area contributed by atoms with Crippen molar-refractivity contribution in [3.05, 3.63) is 94.9 Å². The quantitative estimate of drug-likeness (QED) is 0.356. The number of nitrogens with one attached hydrogen (secondary N) is 2. The first kappa shape index (κ1) is 22.1. The van der Waals surface area contributed by atoms with Crippen LogP contribution >= 0.6 is 0 Å². The van der Waals surface area contributed by atoms with Crippen LogP contribution in [0.1, 0.15) is 33.0 Å². The van der Waals surface area contributed by atoms with Gasteiger partial charge in [0, 0.05) is 30.3 Å². The Balaban J connectivity index is 1.17. The lowest BCUT2D eigenvalue weighted by atomic mass is 9.89. The number of para-hydroxylation sites is 2. The van der Waals surface area contributed by atoms with Gasteiger partial charge < -0.3 is 14.6 Å². The maximum atomic E-state index is 13.2. The van der Waals surface area contributed by atoms with E-state index in [1.165, 1.54) is 5.56 Å². The summed E-state index contributed by atoms with van der Waals surface area (Å²) in [6, 6.07) is 22.2. The summed E-state index contributed by atoms with van der Waals surface area (Å²) in [6.07, 6.45) is 3.26. The van der Waals surface area contributed by atoms with Gasteiger partial charge in [0.05, 0.1) is 23.8 Å². The van der Waals surface area contributed by atoms with Crippen LogP contribution < -0.4 is 10.1 Å². The molecule has 2 N–H and O–H groups in total. The minimum Gasteiger partial charge on any atom is -0.497 e. The fraction of sp³-hybridized carbons (Fsp3) is 0.207. The average Bonchev–Trinajstić information content (AvgIpc) is 3.49. The highest BCUT2D eigenvalue weighted by atomic mass is 16.5. The van der Waals surface area contributed by atoms with Crippen molar-refractivity contribution in [3.63, 3.8) is 0 Å². The predicted molar refractivity (Wildman–Crippen MR) is 141 cm³/mol. The molecule has 0 aliphatic heterocycles. The summed E-state index contributed by atoms with van der Waals surface area (Å²) >= 11 is 0. The van der Waals surface area contributed by atoms with Gasteiger partial charge in [-0.3, -0.25) is 9.89 Å². The lowest BCUT2D eigenvalue weighted by Gasteiger charge is -2.17. The second-order valence-corrected chi connectivity index (χ2v) is 9.18. The Morgan fingerprint density at radius 3 is 2.81 bits per heavy atom. The molecule has 0 fully saturated rings. The van der Waals surface area contributed by atoms with E-state index >= 15 is 0 Å². The highest BCUT2D eigenvalue weighted by Gasteiger charge is 2.25. The number of carbonyl (C=O) groups excluding carboxylic acids is 1. The Morgan fingerprint density at radius 2 is 1.94 bits per heavy atom. The van der Waals surface area contributed by atoms with Crippen LogP contribution in [0.3, 0.4) is 0 Å². The Morgan fingerprint density at radius 1 is 1.06 bits per heavy atom. The largest absolute Gasteiger partial charge is 0.497 e. The van der Waals surface area contributed by atoms with Crippen LogP contribution in [0.4, 0.5) is 5.69 Å². The van der Waals surface area contributed by atoms with Crippen LogP contribution in [0, 0.1) is 0 Å². The number of anilines is 1. The van der Waals surface area contributed by atoms with Crippen molar-refractivity contribution in [1.82, 2.24) is 19.7 Å². The first-order chi connectivity index (χ1) is 17.6. The highest BCUT2D eigenvalue weighted by molar-refractivity contribution is 6.05. The Bertz CT molecular complexity index is 1600. The van der Waals surface area contributed by atoms with Gasteiger partial charge in [-0.05, 0) is 72.9 Å². The third kappa shape index (κ3) is 3.92. The minimum atomic E-state index is -0.173. The Hall–Kier alpha value is -4.39. The van der Waals surface area contributed by atoms with Gasteiger partial charge in [0.15, 0.2) is 0 Å². The van der Waals surface area contributed by atoms with Crippen LogP contribution in [0.2, 0.25) is 0 Å². The fourth-order valence-corrected chi connectivity index (χ4v) is 5.09. The normalized spacial score (nSPS) is 12.3. The van der Waals surface area contributed by atoms with Gasteiger partial charge in [-0.15, -0.1) is 0 Å². The number of aromatic nitrogens is 4. The number of H-pyrrole nitrogens is 1. The molecule has 7 nitrogen and oxygen atoms in total. The van der Waals surface area contributed by atoms with Gasteiger partial charge in [0.2, 0.25) is 0 Å². The summed E-state index contributed by atoms with van der Waals surface area (Å²) in [5.41, 5.74) is 8.64. The topological polar surface area (TPSA) is 84.8 Å². The van der Waals surface area contributed by atoms with Crippen molar-refractivity contribution >= 4 is 22.6 Å². The fourth-order valence-electron chi connectivity index (χ4n) is 5.09. The molecule has 0 atom stereocenters. The van der Waals surface area contributed by atoms with E-state index in [0.717, 1.165) is 76.4 Å². The van der Waals surface area contributed by atoms with E-state index < -0.39 is 0 Å². The molecule has 7 heteroatoms. The van der Waals surface area contributed by atoms with Gasteiger partial charge in [0.25, 0.3) is 5.91 Å². The summed E-state index contributed by atoms with van der Waals surface area (Å²) in [6.45, 7) is 0. The van der Waals surface area contributed by atoms with E-state index in [9.17, 15) is 4.79 Å². The third-order valence-electron chi connectivity index (χ3n) is 7.01. The molecule has 0 saturated carbocycles. The van der Waals surface area contributed by atoms with Crippen LogP contribution in [0.15, 0.2) is 66.7 Å². The van der Waals surface area contributed by atoms with Crippen molar-refractivity contribution < 1.29 is 9.53 Å². The number of amides is 1. The van der Waals surface area contributed by atoms with Crippen molar-refractivity contribution in [2.24, 2.45) is 7.05 Å². The summed E-state index contributed by atoms with van der Waals surface area (Å²) in [4.78, 5) is 18.0. The monoisotopic (exact) mass is 477 g/mol. The first-order valence-corrected chi connectivity index (χ1v) is 12.2. The molecular formula is C29H27N5O2. The van der Waals surface area contributed by atoms with Crippen LogP contribution in [-0.2, 0) is 32.7 Å². The van der Waals surface area contributed by atoms with E-state index in [0.29, 0.717) is 5.69 Å². The molecule has 0 unspecified atom stereocenters. The van der Waals surface area contributed by atoms with E-state index in [1.807, 2.05) is 54.6 Å². The minimum absolute atomic E-state index is 0.173. The predicted octanol–water partition coefficient (Wildman–Crippen LogP) is 5.11. The number of rotatable bonds is 6. The van der Waals surface area contributed by atoms with Gasteiger partial charge in [-0.2, -0.15) is 5.10 Å². The van der Waals surface area contributed by atoms with Gasteiger partial charge in [-0.1, -0.05) is 24.3 Å². The van der Waals surface area contributed by atoms with E-state index in [-0.39, 0.29) is 5.91 Å². The standard InChI is InChI=1S/C29H27N5O2/c1-34-25-9-4-3-8-24(25)31-26(34)15-10-18-6-5-7-20(16-18)30-29(35)28-23-13-11-19-17-21(36-2)12-14-22(19)27(23)32-33-28/h3-9,12,14,16-17H,10-11,13,15H2,1-2H3,(H,30,35)(H,32,33). The lowest BCUT2D eigenvalue weighted by molar-refractivity contribution is 0.102. The zero-order valence-corrected chi connectivity index (χ0v) is 20.3. The molecule has 0 spiro atoms. The average molecular weight is 478 g/mol. The molecule has 36 heavy (non-hydrogen) atoms. The van der Waals surface area contributed by atoms with E-state index in [2.05, 4.69) is 39.3 Å². The number of carbonyl (C=O) groups is 1. The molecule has 3 aromatic carbocycles. The van der Waals surface area contributed by atoms with Crippen LogP contribution in [0.5, 0.6) is 5.75 Å². The molecule has 0 saturated heterocycles. The molecule has 6 rings (SSSR count). The molecule has 2 heterocycles. The zero-order valence-electron chi connectivity index (χ0n) is 20.3. The molecule has 180 valence electrons. The number of benzene rings is 3. The van der Waals surface area contributed by atoms with E-state index in [1.54, 1.807) is 7.11 Å². The van der Waals surface area contributed by atoms with Gasteiger partial charge in [-0.25, -0.2) is 4.98 Å². The SMILES string of the molecule is COc1ccc2c(c1)CCc1c-2n[nH]c1C(=O)Nc1cccc(CCc2nc3ccccc3n2C)c1. The summed E-state index contributed by atoms with van der Waals surface area (Å²) < 4.78 is 7.50. The smallest absolute Gasteiger partial charge is 0.273 e. The molecule has 1 aliphatic rings. The second-order valence-electron chi connectivity index (χ2n) is 9.18. The number of ether oxygens (including phenoxy) is 1. The number of aryl methyl sites for hydroxylation is 4. The lowest BCUT2D eigenvalue weighted by Crippen LogP contribution is -2.16. The molecule has 5 aromatic rings. The van der Waals surface area contributed by atoms with Crippen molar-refractivity contribution in [2.45, 2.75) is 25.7 Å².